The number of benzene rings is 2. The normalized spacial score (nSPS) is 31.5. The smallest absolute Gasteiger partial charge is 0.269 e. The zero-order valence-corrected chi connectivity index (χ0v) is 27.4. The first-order valence-corrected chi connectivity index (χ1v) is 16.0. The molecule has 1 saturated carbocycles. The number of aromatic hydroxyl groups is 1. The van der Waals surface area contributed by atoms with E-state index in [0.717, 1.165) is 9.80 Å². The molecule has 2 saturated heterocycles. The van der Waals surface area contributed by atoms with Gasteiger partial charge in [-0.1, -0.05) is 27.6 Å². The minimum Gasteiger partial charge on any atom is -0.504 e. The van der Waals surface area contributed by atoms with Crippen LogP contribution in [0.3, 0.4) is 0 Å². The maximum atomic E-state index is 14.1. The molecule has 6 atom stereocenters. The molecule has 224 valence electrons. The van der Waals surface area contributed by atoms with Crippen molar-refractivity contribution in [3.05, 3.63) is 67.3 Å². The van der Waals surface area contributed by atoms with Crippen LogP contribution in [0.2, 0.25) is 0 Å². The van der Waals surface area contributed by atoms with Gasteiger partial charge in [0.15, 0.2) is 21.2 Å². The second kappa shape index (κ2) is 10.4. The van der Waals surface area contributed by atoms with Crippen LogP contribution in [0.1, 0.15) is 24.3 Å². The highest BCUT2D eigenvalue weighted by Crippen LogP contribution is 2.66. The lowest BCUT2D eigenvalue weighted by Crippen LogP contribution is -2.60. The molecule has 2 aromatic carbocycles. The summed E-state index contributed by atoms with van der Waals surface area (Å²) in [6.07, 6.45) is 1.76. The molecule has 6 rings (SSSR count). The first-order chi connectivity index (χ1) is 20.3. The van der Waals surface area contributed by atoms with Gasteiger partial charge in [-0.3, -0.25) is 39.1 Å². The molecule has 0 bridgehead atoms. The van der Waals surface area contributed by atoms with Gasteiger partial charge in [-0.25, -0.2) is 0 Å². The van der Waals surface area contributed by atoms with Crippen LogP contribution in [0.25, 0.3) is 0 Å². The number of methoxy groups -OCH3 is 1. The van der Waals surface area contributed by atoms with Crippen molar-refractivity contribution in [2.24, 2.45) is 17.8 Å². The van der Waals surface area contributed by atoms with Crippen molar-refractivity contribution >= 4 is 96.7 Å². The molecule has 43 heavy (non-hydrogen) atoms. The minimum atomic E-state index is -2.00. The molecular weight excluding hydrogens is 784 g/mol. The van der Waals surface area contributed by atoms with E-state index in [1.165, 1.54) is 37.4 Å². The zero-order chi connectivity index (χ0) is 31.2. The van der Waals surface area contributed by atoms with Crippen LogP contribution in [0.4, 0.5) is 11.4 Å². The van der Waals surface area contributed by atoms with Gasteiger partial charge < -0.3 is 9.84 Å². The molecule has 2 aliphatic heterocycles. The van der Waals surface area contributed by atoms with Crippen LogP contribution < -0.4 is 9.64 Å². The summed E-state index contributed by atoms with van der Waals surface area (Å²) in [5.74, 6) is -5.93. The number of halogens is 4. The number of non-ortho nitro benzene ring substituents is 1. The van der Waals surface area contributed by atoms with Gasteiger partial charge in [0.05, 0.1) is 38.6 Å². The maximum absolute atomic E-state index is 14.1. The van der Waals surface area contributed by atoms with Gasteiger partial charge in [-0.05, 0) is 71.2 Å². The molecule has 4 aliphatic rings. The maximum Gasteiger partial charge on any atom is 0.269 e. The lowest BCUT2D eigenvalue weighted by Gasteiger charge is -2.50. The van der Waals surface area contributed by atoms with E-state index in [1.807, 2.05) is 22.6 Å². The average molecular weight is 805 g/mol. The third-order valence-corrected chi connectivity index (χ3v) is 11.7. The minimum absolute atomic E-state index is 0.115. The molecule has 15 heteroatoms. The molecule has 4 amide bonds. The third kappa shape index (κ3) is 4.03. The molecule has 0 radical (unpaired) electrons. The Morgan fingerprint density at radius 3 is 2.40 bits per heavy atom. The van der Waals surface area contributed by atoms with Crippen LogP contribution in [0.15, 0.2) is 48.0 Å². The third-order valence-electron chi connectivity index (χ3n) is 8.94. The number of hydrogen-bond acceptors (Lipinski definition) is 8. The van der Waals surface area contributed by atoms with Gasteiger partial charge >= 0.3 is 0 Å². The first-order valence-electron chi connectivity index (χ1n) is 13.0. The van der Waals surface area contributed by atoms with Crippen LogP contribution in [-0.2, 0) is 19.2 Å². The predicted octanol–water partition coefficient (Wildman–Crippen LogP) is 4.83. The van der Waals surface area contributed by atoms with E-state index >= 15 is 0 Å². The van der Waals surface area contributed by atoms with Crippen molar-refractivity contribution in [3.63, 3.8) is 0 Å². The highest BCUT2D eigenvalue weighted by atomic mass is 127. The van der Waals surface area contributed by atoms with Gasteiger partial charge in [-0.2, -0.15) is 0 Å². The van der Waals surface area contributed by atoms with Crippen LogP contribution >= 0.6 is 61.7 Å². The summed E-state index contributed by atoms with van der Waals surface area (Å²) in [6.45, 7) is 0. The predicted molar refractivity (Wildman–Crippen MR) is 166 cm³/mol. The van der Waals surface area contributed by atoms with Crippen LogP contribution in [-0.4, -0.2) is 60.9 Å². The molecule has 1 N–H and O–H groups in total. The van der Waals surface area contributed by atoms with Gasteiger partial charge in [0.2, 0.25) is 11.8 Å². The Kier molecular flexibility index (Phi) is 7.34. The van der Waals surface area contributed by atoms with E-state index in [0.29, 0.717) is 14.7 Å². The molecule has 3 fully saturated rings. The number of nitro groups is 1. The number of phenols is 1. The molecule has 6 unspecified atom stereocenters. The van der Waals surface area contributed by atoms with E-state index in [9.17, 15) is 34.4 Å². The number of imide groups is 2. The van der Waals surface area contributed by atoms with Gasteiger partial charge in [0, 0.05) is 18.1 Å². The number of likely N-dealkylation sites (tertiary alicyclic amines) is 1. The first kappa shape index (κ1) is 30.3. The SMILES string of the molecule is COc1cc(C2C3=CCC4C(=O)N(c5ccc([N+](=O)[O-])cc5)C(=O)C4C3CC3(Cl)C(=O)N(CBr)C(=O)C23Cl)cc(I)c1O. The van der Waals surface area contributed by atoms with Gasteiger partial charge in [0.25, 0.3) is 17.5 Å². The monoisotopic (exact) mass is 803 g/mol. The number of ether oxygens (including phenoxy) is 1. The van der Waals surface area contributed by atoms with Crippen molar-refractivity contribution in [1.29, 1.82) is 0 Å². The number of rotatable bonds is 5. The van der Waals surface area contributed by atoms with Crippen molar-refractivity contribution in [2.75, 3.05) is 17.5 Å². The van der Waals surface area contributed by atoms with E-state index in [4.69, 9.17) is 27.9 Å². The second-order valence-electron chi connectivity index (χ2n) is 10.8. The Hall–Kier alpha value is -2.75. The summed E-state index contributed by atoms with van der Waals surface area (Å²) in [5, 5.41) is 21.7. The standard InChI is InChI=1S/C28H21BrCl2IN3O8/c1-43-19-9-12(8-18(32)22(19)36)21-15-6-7-16-20(17(15)10-27(30)25(39)33(11-29)26(40)28(21,27)31)24(38)34(23(16)37)13-2-4-14(5-3-13)35(41)42/h2-6,8-9,16-17,20-21,36H,7,10-11H2,1H3. The number of alkyl halides is 3. The fourth-order valence-electron chi connectivity index (χ4n) is 7.02. The summed E-state index contributed by atoms with van der Waals surface area (Å²) in [5.41, 5.74) is 0.862. The fourth-order valence-corrected chi connectivity index (χ4v) is 9.07. The lowest BCUT2D eigenvalue weighted by atomic mass is 9.56. The topological polar surface area (TPSA) is 147 Å². The van der Waals surface area contributed by atoms with Crippen molar-refractivity contribution in [2.45, 2.75) is 28.5 Å². The Bertz CT molecular complexity index is 1670. The average Bonchev–Trinajstić information content (AvgIpc) is 3.32. The number of carbonyl (C=O) groups is 4. The molecule has 2 heterocycles. The number of nitro benzene ring substituents is 1. The number of allylic oxidation sites excluding steroid dienone is 2. The number of fused-ring (bicyclic) bond motifs is 4. The Morgan fingerprint density at radius 2 is 1.79 bits per heavy atom. The highest BCUT2D eigenvalue weighted by molar-refractivity contribution is 14.1. The molecule has 2 aliphatic carbocycles. The summed E-state index contributed by atoms with van der Waals surface area (Å²) in [6, 6.07) is 8.26. The van der Waals surface area contributed by atoms with Crippen molar-refractivity contribution in [3.8, 4) is 11.5 Å². The Labute approximate surface area is 276 Å². The molecule has 11 nitrogen and oxygen atoms in total. The van der Waals surface area contributed by atoms with E-state index in [2.05, 4.69) is 15.9 Å². The summed E-state index contributed by atoms with van der Waals surface area (Å²) in [4.78, 5) is 63.9. The number of nitrogens with zero attached hydrogens (tertiary/aromatic N) is 3. The molecular formula is C28H21BrCl2IN3O8. The largest absolute Gasteiger partial charge is 0.504 e. The van der Waals surface area contributed by atoms with E-state index in [1.54, 1.807) is 12.1 Å². The summed E-state index contributed by atoms with van der Waals surface area (Å²) < 4.78 is 5.77. The summed E-state index contributed by atoms with van der Waals surface area (Å²) >= 11 is 19.6. The van der Waals surface area contributed by atoms with Crippen molar-refractivity contribution in [1.82, 2.24) is 4.90 Å². The molecule has 2 aromatic rings. The number of anilines is 1. The van der Waals surface area contributed by atoms with E-state index in [-0.39, 0.29) is 41.2 Å². The van der Waals surface area contributed by atoms with Crippen LogP contribution in [0.5, 0.6) is 11.5 Å². The highest BCUT2D eigenvalue weighted by Gasteiger charge is 2.76. The quantitative estimate of drug-likeness (QED) is 0.0861. The molecule has 0 aromatic heterocycles. The second-order valence-corrected chi connectivity index (χ2v) is 13.7. The number of hydrogen-bond donors (Lipinski definition) is 1. The Morgan fingerprint density at radius 1 is 1.12 bits per heavy atom. The molecule has 0 spiro atoms. The van der Waals surface area contributed by atoms with Gasteiger partial charge in [-0.15, -0.1) is 23.2 Å². The Balaban J connectivity index is 1.51. The van der Waals surface area contributed by atoms with E-state index < -0.39 is 62.0 Å². The number of carbonyl (C=O) groups excluding carboxylic acids is 4. The summed E-state index contributed by atoms with van der Waals surface area (Å²) in [7, 11) is 1.37. The number of phenolic OH excluding ortho intramolecular Hbond substituents is 1. The number of amides is 4. The zero-order valence-electron chi connectivity index (χ0n) is 22.1. The van der Waals surface area contributed by atoms with Crippen molar-refractivity contribution < 1.29 is 33.9 Å². The lowest BCUT2D eigenvalue weighted by molar-refractivity contribution is -0.384. The van der Waals surface area contributed by atoms with Crippen LogP contribution in [0, 0.1) is 31.4 Å². The van der Waals surface area contributed by atoms with Gasteiger partial charge in [0.1, 0.15) is 0 Å². The fraction of sp³-hybridized carbons (Fsp3) is 0.357.